The third-order valence-corrected chi connectivity index (χ3v) is 2.73. The molecule has 1 rings (SSSR count). The fourth-order valence-electron chi connectivity index (χ4n) is 0.812. The molecule has 0 amide bonds. The van der Waals surface area contributed by atoms with Gasteiger partial charge in [-0.15, -0.1) is 0 Å². The van der Waals surface area contributed by atoms with Gasteiger partial charge in [-0.1, -0.05) is 0 Å². The number of aromatic nitrogens is 1. The van der Waals surface area contributed by atoms with Crippen molar-refractivity contribution in [1.82, 2.24) is 4.98 Å². The normalized spacial score (nSPS) is 10.6. The second kappa shape index (κ2) is 4.35. The van der Waals surface area contributed by atoms with Gasteiger partial charge >= 0.3 is 0 Å². The van der Waals surface area contributed by atoms with Crippen LogP contribution in [0.3, 0.4) is 0 Å². The van der Waals surface area contributed by atoms with E-state index < -0.39 is 17.4 Å². The van der Waals surface area contributed by atoms with Crippen LogP contribution in [0.5, 0.6) is 0 Å². The predicted octanol–water partition coefficient (Wildman–Crippen LogP) is 2.58. The minimum Gasteiger partial charge on any atom is -0.398 e. The van der Waals surface area contributed by atoms with E-state index in [2.05, 4.69) is 4.98 Å². The lowest BCUT2D eigenvalue weighted by molar-refractivity contribution is 0.107. The molecule has 0 bridgehead atoms. The Labute approximate surface area is 96.8 Å². The Balaban J connectivity index is 3.35. The van der Waals surface area contributed by atoms with Gasteiger partial charge in [0.2, 0.25) is 0 Å². The van der Waals surface area contributed by atoms with Crippen LogP contribution in [0.15, 0.2) is 6.07 Å². The van der Waals surface area contributed by atoms with Crippen molar-refractivity contribution in [1.29, 1.82) is 0 Å². The van der Waals surface area contributed by atoms with E-state index in [1.165, 1.54) is 0 Å². The second-order valence-electron chi connectivity index (χ2n) is 2.37. The van der Waals surface area contributed by atoms with Gasteiger partial charge in [0.15, 0.2) is 0 Å². The van der Waals surface area contributed by atoms with E-state index in [0.717, 1.165) is 6.07 Å². The number of halogens is 4. The summed E-state index contributed by atoms with van der Waals surface area (Å²) in [4.78, 5) is 14.2. The fourth-order valence-corrected chi connectivity index (χ4v) is 1.63. The standard InChI is InChI=1S/C7H4ClF2IN2O/c8-6(14)5-4(11)2(12)1-3(13-5)7(9)10/h1,7H,(H2,12,13). The van der Waals surface area contributed by atoms with E-state index in [4.69, 9.17) is 17.3 Å². The lowest BCUT2D eigenvalue weighted by atomic mass is 10.3. The van der Waals surface area contributed by atoms with Crippen LogP contribution in [0.25, 0.3) is 0 Å². The maximum Gasteiger partial charge on any atom is 0.280 e. The largest absolute Gasteiger partial charge is 0.398 e. The van der Waals surface area contributed by atoms with Gasteiger partial charge in [0.1, 0.15) is 11.4 Å². The van der Waals surface area contributed by atoms with Crippen LogP contribution in [0.1, 0.15) is 22.6 Å². The Bertz CT molecular complexity index is 386. The summed E-state index contributed by atoms with van der Waals surface area (Å²) in [6, 6.07) is 1.02. The topological polar surface area (TPSA) is 56.0 Å². The number of pyridine rings is 1. The van der Waals surface area contributed by atoms with Crippen molar-refractivity contribution < 1.29 is 13.6 Å². The maximum absolute atomic E-state index is 12.2. The van der Waals surface area contributed by atoms with Gasteiger partial charge in [0, 0.05) is 5.69 Å². The van der Waals surface area contributed by atoms with E-state index in [1.807, 2.05) is 0 Å². The highest BCUT2D eigenvalue weighted by atomic mass is 127. The van der Waals surface area contributed by atoms with E-state index in [1.54, 1.807) is 22.6 Å². The molecular formula is C7H4ClF2IN2O. The average molecular weight is 332 g/mol. The summed E-state index contributed by atoms with van der Waals surface area (Å²) in [7, 11) is 0. The molecule has 0 aliphatic heterocycles. The molecule has 2 N–H and O–H groups in total. The number of carbonyl (C=O) groups excluding carboxylic acids is 1. The van der Waals surface area contributed by atoms with Gasteiger partial charge in [-0.2, -0.15) is 0 Å². The third-order valence-electron chi connectivity index (χ3n) is 1.42. The van der Waals surface area contributed by atoms with Crippen molar-refractivity contribution in [2.75, 3.05) is 5.73 Å². The maximum atomic E-state index is 12.2. The molecule has 0 fully saturated rings. The molecule has 0 spiro atoms. The van der Waals surface area contributed by atoms with Crippen LogP contribution in [0.4, 0.5) is 14.5 Å². The minimum absolute atomic E-state index is 0.0694. The molecule has 1 heterocycles. The highest BCUT2D eigenvalue weighted by molar-refractivity contribution is 14.1. The van der Waals surface area contributed by atoms with Crippen molar-refractivity contribution >= 4 is 45.1 Å². The Morgan fingerprint density at radius 3 is 2.64 bits per heavy atom. The molecule has 0 aliphatic carbocycles. The number of nitrogen functional groups attached to an aromatic ring is 1. The van der Waals surface area contributed by atoms with Gasteiger partial charge in [-0.25, -0.2) is 13.8 Å². The molecule has 0 unspecified atom stereocenters. The molecule has 14 heavy (non-hydrogen) atoms. The number of nitrogens with two attached hydrogens (primary N) is 1. The van der Waals surface area contributed by atoms with E-state index in [9.17, 15) is 13.6 Å². The Hall–Kier alpha value is -0.500. The Morgan fingerprint density at radius 1 is 1.64 bits per heavy atom. The average Bonchev–Trinajstić information content (AvgIpc) is 2.08. The number of hydrogen-bond donors (Lipinski definition) is 1. The smallest absolute Gasteiger partial charge is 0.280 e. The molecule has 0 radical (unpaired) electrons. The van der Waals surface area contributed by atoms with E-state index in [0.29, 0.717) is 0 Å². The summed E-state index contributed by atoms with van der Waals surface area (Å²) in [6.45, 7) is 0. The molecule has 0 saturated heterocycles. The van der Waals surface area contributed by atoms with Gasteiger partial charge in [0.05, 0.1) is 3.57 Å². The lowest BCUT2D eigenvalue weighted by Crippen LogP contribution is -2.06. The molecule has 76 valence electrons. The van der Waals surface area contributed by atoms with Crippen LogP contribution in [-0.2, 0) is 0 Å². The number of carbonyl (C=O) groups is 1. The molecule has 1 aromatic rings. The summed E-state index contributed by atoms with van der Waals surface area (Å²) < 4.78 is 24.8. The molecule has 0 aromatic carbocycles. The summed E-state index contributed by atoms with van der Waals surface area (Å²) >= 11 is 6.87. The van der Waals surface area contributed by atoms with Crippen LogP contribution in [0, 0.1) is 3.57 Å². The number of rotatable bonds is 2. The monoisotopic (exact) mass is 332 g/mol. The zero-order valence-electron chi connectivity index (χ0n) is 6.60. The number of alkyl halides is 2. The SMILES string of the molecule is Nc1cc(C(F)F)nc(C(=O)Cl)c1I. The predicted molar refractivity (Wildman–Crippen MR) is 56.5 cm³/mol. The van der Waals surface area contributed by atoms with Crippen molar-refractivity contribution in [2.45, 2.75) is 6.43 Å². The Morgan fingerprint density at radius 2 is 2.21 bits per heavy atom. The molecule has 0 atom stereocenters. The van der Waals surface area contributed by atoms with Crippen molar-refractivity contribution in [3.05, 3.63) is 21.0 Å². The first kappa shape index (κ1) is 11.6. The first-order valence-corrected chi connectivity index (χ1v) is 4.83. The molecular weight excluding hydrogens is 328 g/mol. The zero-order chi connectivity index (χ0) is 10.9. The highest BCUT2D eigenvalue weighted by Crippen LogP contribution is 2.25. The highest BCUT2D eigenvalue weighted by Gasteiger charge is 2.18. The summed E-state index contributed by atoms with van der Waals surface area (Å²) in [5.74, 6) is 0. The number of hydrogen-bond acceptors (Lipinski definition) is 3. The summed E-state index contributed by atoms with van der Waals surface area (Å²) in [5.41, 5.74) is 4.69. The van der Waals surface area contributed by atoms with Crippen LogP contribution in [-0.4, -0.2) is 10.2 Å². The number of nitrogens with zero attached hydrogens (tertiary/aromatic N) is 1. The van der Waals surface area contributed by atoms with Gasteiger partial charge in [-0.3, -0.25) is 4.79 Å². The molecule has 1 aromatic heterocycles. The Kier molecular flexibility index (Phi) is 3.59. The first-order chi connectivity index (χ1) is 6.43. The zero-order valence-corrected chi connectivity index (χ0v) is 9.51. The summed E-state index contributed by atoms with van der Waals surface area (Å²) in [5, 5.41) is -0.899. The quantitative estimate of drug-likeness (QED) is 0.669. The minimum atomic E-state index is -2.77. The van der Waals surface area contributed by atoms with Gasteiger partial charge < -0.3 is 5.73 Å². The van der Waals surface area contributed by atoms with Crippen molar-refractivity contribution in [2.24, 2.45) is 0 Å². The third kappa shape index (κ3) is 2.30. The molecule has 3 nitrogen and oxygen atoms in total. The molecule has 7 heteroatoms. The van der Waals surface area contributed by atoms with Gasteiger partial charge in [0.25, 0.3) is 11.7 Å². The van der Waals surface area contributed by atoms with Gasteiger partial charge in [-0.05, 0) is 40.3 Å². The van der Waals surface area contributed by atoms with Crippen molar-refractivity contribution in [3.63, 3.8) is 0 Å². The second-order valence-corrected chi connectivity index (χ2v) is 3.80. The molecule has 0 aliphatic rings. The summed E-state index contributed by atoms with van der Waals surface area (Å²) in [6.07, 6.45) is -2.77. The van der Waals surface area contributed by atoms with Crippen molar-refractivity contribution in [3.8, 4) is 0 Å². The van der Waals surface area contributed by atoms with Crippen LogP contribution < -0.4 is 5.73 Å². The van der Waals surface area contributed by atoms with Crippen LogP contribution >= 0.6 is 34.2 Å². The molecule has 0 saturated carbocycles. The first-order valence-electron chi connectivity index (χ1n) is 3.37. The number of anilines is 1. The van der Waals surface area contributed by atoms with Crippen LogP contribution in [0.2, 0.25) is 0 Å². The van der Waals surface area contributed by atoms with E-state index in [-0.39, 0.29) is 15.0 Å². The lowest BCUT2D eigenvalue weighted by Gasteiger charge is -2.05. The fraction of sp³-hybridized carbons (Fsp3) is 0.143. The van der Waals surface area contributed by atoms with E-state index >= 15 is 0 Å².